The molecule has 0 spiro atoms. The molecular weight excluding hydrogens is 312 g/mol. The highest BCUT2D eigenvalue weighted by atomic mass is 32.1. The maximum Gasteiger partial charge on any atom is 0.227 e. The first-order valence-corrected chi connectivity index (χ1v) is 9.28. The van der Waals surface area contributed by atoms with Crippen LogP contribution in [0, 0.1) is 6.92 Å². The summed E-state index contributed by atoms with van der Waals surface area (Å²) in [7, 11) is 0. The Labute approximate surface area is 141 Å². The van der Waals surface area contributed by atoms with Crippen LogP contribution in [0.4, 0.5) is 0 Å². The number of amides is 1. The van der Waals surface area contributed by atoms with Crippen LogP contribution in [-0.4, -0.2) is 72.4 Å². The SMILES string of the molecule is Cc1ccc(CC(=O)N2CC[C@H](O)[C@@H](N3CCOCC3)CC2)s1. The van der Waals surface area contributed by atoms with E-state index in [-0.39, 0.29) is 18.1 Å². The number of hydrogen-bond acceptors (Lipinski definition) is 5. The molecule has 128 valence electrons. The second kappa shape index (κ2) is 7.75. The number of carbonyl (C=O) groups is 1. The third-order valence-corrected chi connectivity index (χ3v) is 5.82. The average molecular weight is 338 g/mol. The number of rotatable bonds is 3. The number of aliphatic hydroxyl groups is 1. The molecule has 0 aliphatic carbocycles. The van der Waals surface area contributed by atoms with Gasteiger partial charge in [0.15, 0.2) is 0 Å². The number of thiophene rings is 1. The minimum absolute atomic E-state index is 0.153. The van der Waals surface area contributed by atoms with Crippen molar-refractivity contribution in [1.29, 1.82) is 0 Å². The van der Waals surface area contributed by atoms with Crippen molar-refractivity contribution in [2.24, 2.45) is 0 Å². The summed E-state index contributed by atoms with van der Waals surface area (Å²) in [5, 5.41) is 10.5. The lowest BCUT2D eigenvalue weighted by Gasteiger charge is -2.36. The summed E-state index contributed by atoms with van der Waals surface area (Å²) in [6.45, 7) is 6.70. The Balaban J connectivity index is 1.57. The van der Waals surface area contributed by atoms with Gasteiger partial charge in [-0.2, -0.15) is 0 Å². The molecule has 0 radical (unpaired) electrons. The third kappa shape index (κ3) is 4.32. The molecule has 0 unspecified atom stereocenters. The summed E-state index contributed by atoms with van der Waals surface area (Å²) in [4.78, 5) is 19.2. The van der Waals surface area contributed by atoms with Crippen LogP contribution in [0.3, 0.4) is 0 Å². The van der Waals surface area contributed by atoms with Crippen molar-refractivity contribution in [2.45, 2.75) is 38.3 Å². The zero-order valence-corrected chi connectivity index (χ0v) is 14.6. The first-order chi connectivity index (χ1) is 11.1. The van der Waals surface area contributed by atoms with Crippen molar-refractivity contribution >= 4 is 17.2 Å². The van der Waals surface area contributed by atoms with Crippen LogP contribution in [0.1, 0.15) is 22.6 Å². The van der Waals surface area contributed by atoms with Crippen molar-refractivity contribution in [3.8, 4) is 0 Å². The predicted octanol–water partition coefficient (Wildman–Crippen LogP) is 1.28. The average Bonchev–Trinajstić information content (AvgIpc) is 2.85. The van der Waals surface area contributed by atoms with Crippen molar-refractivity contribution in [1.82, 2.24) is 9.80 Å². The van der Waals surface area contributed by atoms with Gasteiger partial charge in [0.2, 0.25) is 5.91 Å². The highest BCUT2D eigenvalue weighted by molar-refractivity contribution is 7.12. The zero-order chi connectivity index (χ0) is 16.2. The Kier molecular flexibility index (Phi) is 5.69. The number of likely N-dealkylation sites (tertiary alicyclic amines) is 1. The van der Waals surface area contributed by atoms with E-state index >= 15 is 0 Å². The molecular formula is C17H26N2O3S. The van der Waals surface area contributed by atoms with Crippen molar-refractivity contribution in [3.63, 3.8) is 0 Å². The first-order valence-electron chi connectivity index (χ1n) is 8.46. The summed E-state index contributed by atoms with van der Waals surface area (Å²) in [6, 6.07) is 4.26. The standard InChI is InChI=1S/C17H26N2O3S/c1-13-2-3-14(23-13)12-17(21)19-6-4-15(16(20)5-7-19)18-8-10-22-11-9-18/h2-3,15-16,20H,4-12H2,1H3/t15-,16-/m0/s1. The Bertz CT molecular complexity index is 528. The molecule has 1 N–H and O–H groups in total. The van der Waals surface area contributed by atoms with Crippen LogP contribution in [0.25, 0.3) is 0 Å². The topological polar surface area (TPSA) is 53.0 Å². The number of carbonyl (C=O) groups excluding carboxylic acids is 1. The molecule has 2 fully saturated rings. The molecule has 1 aromatic rings. The third-order valence-electron chi connectivity index (χ3n) is 4.82. The van der Waals surface area contributed by atoms with Crippen LogP contribution < -0.4 is 0 Å². The molecule has 0 saturated carbocycles. The molecule has 2 saturated heterocycles. The Morgan fingerprint density at radius 2 is 2.00 bits per heavy atom. The van der Waals surface area contributed by atoms with E-state index < -0.39 is 0 Å². The second-order valence-electron chi connectivity index (χ2n) is 6.43. The molecule has 3 heterocycles. The maximum absolute atomic E-state index is 12.5. The summed E-state index contributed by atoms with van der Waals surface area (Å²) >= 11 is 1.69. The summed E-state index contributed by atoms with van der Waals surface area (Å²) < 4.78 is 5.40. The smallest absolute Gasteiger partial charge is 0.227 e. The van der Waals surface area contributed by atoms with Gasteiger partial charge >= 0.3 is 0 Å². The number of hydrogen-bond donors (Lipinski definition) is 1. The molecule has 0 bridgehead atoms. The van der Waals surface area contributed by atoms with E-state index in [0.29, 0.717) is 19.4 Å². The normalized spacial score (nSPS) is 27.0. The van der Waals surface area contributed by atoms with Crippen molar-refractivity contribution in [3.05, 3.63) is 21.9 Å². The largest absolute Gasteiger partial charge is 0.391 e. The number of morpholine rings is 1. The van der Waals surface area contributed by atoms with E-state index in [4.69, 9.17) is 4.74 Å². The van der Waals surface area contributed by atoms with Gasteiger partial charge in [0.05, 0.1) is 25.7 Å². The molecule has 1 aromatic heterocycles. The number of aryl methyl sites for hydroxylation is 1. The van der Waals surface area contributed by atoms with Crippen LogP contribution >= 0.6 is 11.3 Å². The Morgan fingerprint density at radius 1 is 1.26 bits per heavy atom. The fraction of sp³-hybridized carbons (Fsp3) is 0.706. The molecule has 2 atom stereocenters. The van der Waals surface area contributed by atoms with Crippen LogP contribution in [0.2, 0.25) is 0 Å². The van der Waals surface area contributed by atoms with Gasteiger partial charge in [-0.15, -0.1) is 11.3 Å². The number of ether oxygens (including phenoxy) is 1. The molecule has 1 amide bonds. The minimum atomic E-state index is -0.352. The minimum Gasteiger partial charge on any atom is -0.391 e. The van der Waals surface area contributed by atoms with E-state index in [0.717, 1.165) is 44.1 Å². The molecule has 2 aliphatic heterocycles. The van der Waals surface area contributed by atoms with Gasteiger partial charge in [-0.1, -0.05) is 0 Å². The van der Waals surface area contributed by atoms with Crippen LogP contribution in [0.15, 0.2) is 12.1 Å². The monoisotopic (exact) mass is 338 g/mol. The van der Waals surface area contributed by atoms with E-state index in [1.807, 2.05) is 11.0 Å². The highest BCUT2D eigenvalue weighted by Crippen LogP contribution is 2.21. The van der Waals surface area contributed by atoms with Gasteiger partial charge in [0, 0.05) is 42.0 Å². The maximum atomic E-state index is 12.5. The van der Waals surface area contributed by atoms with Gasteiger partial charge in [-0.25, -0.2) is 0 Å². The second-order valence-corrected chi connectivity index (χ2v) is 7.80. The van der Waals surface area contributed by atoms with Crippen LogP contribution in [0.5, 0.6) is 0 Å². The molecule has 3 rings (SSSR count). The zero-order valence-electron chi connectivity index (χ0n) is 13.7. The first kappa shape index (κ1) is 16.9. The number of aliphatic hydroxyl groups excluding tert-OH is 1. The van der Waals surface area contributed by atoms with E-state index in [1.165, 1.54) is 4.88 Å². The van der Waals surface area contributed by atoms with Gasteiger partial charge in [-0.05, 0) is 31.9 Å². The van der Waals surface area contributed by atoms with Gasteiger partial charge in [0.25, 0.3) is 0 Å². The van der Waals surface area contributed by atoms with E-state index in [9.17, 15) is 9.90 Å². The fourth-order valence-corrected chi connectivity index (χ4v) is 4.38. The van der Waals surface area contributed by atoms with E-state index in [2.05, 4.69) is 17.9 Å². The summed E-state index contributed by atoms with van der Waals surface area (Å²) in [5.74, 6) is 0.182. The molecule has 5 nitrogen and oxygen atoms in total. The van der Waals surface area contributed by atoms with Crippen molar-refractivity contribution < 1.29 is 14.6 Å². The van der Waals surface area contributed by atoms with Gasteiger partial charge in [-0.3, -0.25) is 9.69 Å². The van der Waals surface area contributed by atoms with Gasteiger partial charge < -0.3 is 14.7 Å². The number of nitrogens with zero attached hydrogens (tertiary/aromatic N) is 2. The van der Waals surface area contributed by atoms with Gasteiger partial charge in [0.1, 0.15) is 0 Å². The molecule has 0 aromatic carbocycles. The fourth-order valence-electron chi connectivity index (χ4n) is 3.50. The lowest BCUT2D eigenvalue weighted by atomic mass is 10.0. The quantitative estimate of drug-likeness (QED) is 0.902. The molecule has 23 heavy (non-hydrogen) atoms. The lowest BCUT2D eigenvalue weighted by molar-refractivity contribution is -0.130. The molecule has 6 heteroatoms. The highest BCUT2D eigenvalue weighted by Gasteiger charge is 2.31. The summed E-state index contributed by atoms with van der Waals surface area (Å²) in [6.07, 6.45) is 1.64. The van der Waals surface area contributed by atoms with E-state index in [1.54, 1.807) is 11.3 Å². The van der Waals surface area contributed by atoms with Crippen LogP contribution in [-0.2, 0) is 16.0 Å². The molecule has 2 aliphatic rings. The summed E-state index contributed by atoms with van der Waals surface area (Å²) in [5.41, 5.74) is 0. The Morgan fingerprint density at radius 3 is 2.70 bits per heavy atom. The predicted molar refractivity (Wildman–Crippen MR) is 90.8 cm³/mol. The Hall–Kier alpha value is -0.950. The van der Waals surface area contributed by atoms with Crippen molar-refractivity contribution in [2.75, 3.05) is 39.4 Å². The lowest BCUT2D eigenvalue weighted by Crippen LogP contribution is -2.49.